The first-order valence-electron chi connectivity index (χ1n) is 12.6. The number of fused-ring (bicyclic) bond motifs is 1. The molecule has 0 amide bonds. The predicted molar refractivity (Wildman–Crippen MR) is 131 cm³/mol. The lowest BCUT2D eigenvalue weighted by molar-refractivity contribution is 0.133. The summed E-state index contributed by atoms with van der Waals surface area (Å²) in [6.07, 6.45) is 15.3. The summed E-state index contributed by atoms with van der Waals surface area (Å²) in [7, 11) is 0. The van der Waals surface area contributed by atoms with Crippen LogP contribution in [0.25, 0.3) is 11.1 Å². The van der Waals surface area contributed by atoms with E-state index in [0.29, 0.717) is 29.7 Å². The van der Waals surface area contributed by atoms with Gasteiger partial charge in [-0.05, 0) is 124 Å². The Morgan fingerprint density at radius 3 is 2.06 bits per heavy atom. The Labute approximate surface area is 200 Å². The fourth-order valence-corrected chi connectivity index (χ4v) is 6.16. The molecular formula is C30H34F4. The highest BCUT2D eigenvalue weighted by Gasteiger charge is 2.35. The quantitative estimate of drug-likeness (QED) is 0.291. The molecule has 2 aromatic rings. The smallest absolute Gasteiger partial charge is 0.134 e. The fraction of sp³-hybridized carbons (Fsp3) is 0.467. The third kappa shape index (κ3) is 5.31. The Hall–Kier alpha value is -2.36. The molecule has 0 aliphatic heterocycles. The lowest BCUT2D eigenvalue weighted by atomic mass is 9.64. The minimum Gasteiger partial charge on any atom is -0.207 e. The molecule has 0 spiro atoms. The lowest BCUT2D eigenvalue weighted by Crippen LogP contribution is -2.30. The number of hydrogen-bond donors (Lipinski definition) is 0. The third-order valence-corrected chi connectivity index (χ3v) is 7.88. The number of benzene rings is 2. The van der Waals surface area contributed by atoms with Crippen LogP contribution in [-0.2, 0) is 6.42 Å². The molecule has 34 heavy (non-hydrogen) atoms. The molecule has 0 radical (unpaired) electrons. The van der Waals surface area contributed by atoms with Gasteiger partial charge in [-0.2, -0.15) is 0 Å². The summed E-state index contributed by atoms with van der Waals surface area (Å²) in [5, 5.41) is 0. The van der Waals surface area contributed by atoms with Crippen molar-refractivity contribution < 1.29 is 17.6 Å². The Balaban J connectivity index is 1.53. The molecule has 2 aliphatic rings. The zero-order chi connectivity index (χ0) is 24.2. The molecule has 4 rings (SSSR count). The van der Waals surface area contributed by atoms with Crippen LogP contribution < -0.4 is 0 Å². The average molecular weight is 471 g/mol. The van der Waals surface area contributed by atoms with Crippen molar-refractivity contribution in [3.8, 4) is 11.1 Å². The Bertz CT molecular complexity index is 1020. The van der Waals surface area contributed by atoms with E-state index in [0.717, 1.165) is 37.8 Å². The lowest BCUT2D eigenvalue weighted by Gasteiger charge is -2.42. The van der Waals surface area contributed by atoms with Crippen molar-refractivity contribution in [1.82, 2.24) is 0 Å². The van der Waals surface area contributed by atoms with Crippen molar-refractivity contribution in [2.75, 3.05) is 0 Å². The largest absolute Gasteiger partial charge is 0.207 e. The Morgan fingerprint density at radius 1 is 0.765 bits per heavy atom. The minimum atomic E-state index is -0.769. The number of hydrogen-bond acceptors (Lipinski definition) is 0. The van der Waals surface area contributed by atoms with Crippen LogP contribution in [0.15, 0.2) is 48.6 Å². The molecule has 2 aliphatic carbocycles. The molecule has 0 heterocycles. The highest BCUT2D eigenvalue weighted by molar-refractivity contribution is 5.66. The molecular weight excluding hydrogens is 436 g/mol. The molecule has 2 fully saturated rings. The van der Waals surface area contributed by atoms with Gasteiger partial charge < -0.3 is 0 Å². The predicted octanol–water partition coefficient (Wildman–Crippen LogP) is 9.29. The number of rotatable bonds is 6. The second-order valence-electron chi connectivity index (χ2n) is 10.0. The minimum absolute atomic E-state index is 0.0554. The van der Waals surface area contributed by atoms with Crippen LogP contribution in [-0.4, -0.2) is 0 Å². The van der Waals surface area contributed by atoms with E-state index < -0.39 is 23.3 Å². The van der Waals surface area contributed by atoms with Crippen LogP contribution in [0.1, 0.15) is 75.8 Å². The van der Waals surface area contributed by atoms with Gasteiger partial charge in [0.25, 0.3) is 0 Å². The van der Waals surface area contributed by atoms with Gasteiger partial charge >= 0.3 is 0 Å². The van der Waals surface area contributed by atoms with Crippen LogP contribution >= 0.6 is 0 Å². The summed E-state index contributed by atoms with van der Waals surface area (Å²) in [6.45, 7) is 3.91. The zero-order valence-corrected chi connectivity index (χ0v) is 20.1. The van der Waals surface area contributed by atoms with Crippen molar-refractivity contribution in [3.63, 3.8) is 0 Å². The standard InChI is InChI=1S/C30H34F4/c1-3-5-6-8-25-26(31)17-24(18-27(25)32)30-28(33)15-23(16-29(30)34)22-12-11-20-13-19(7-4-2)9-10-21(20)14-22/h3-5,7,15-22H,6,8-14H2,1-2H3/b5-3+,7-4+. The summed E-state index contributed by atoms with van der Waals surface area (Å²) < 4.78 is 59.4. The van der Waals surface area contributed by atoms with E-state index in [1.807, 2.05) is 19.1 Å². The van der Waals surface area contributed by atoms with Crippen molar-refractivity contribution in [1.29, 1.82) is 0 Å². The number of halogens is 4. The molecule has 4 heteroatoms. The van der Waals surface area contributed by atoms with Gasteiger partial charge in [-0.1, -0.05) is 24.3 Å². The van der Waals surface area contributed by atoms with Gasteiger partial charge in [0.2, 0.25) is 0 Å². The Kier molecular flexibility index (Phi) is 7.95. The molecule has 4 unspecified atom stereocenters. The number of allylic oxidation sites excluding steroid dienone is 4. The molecule has 0 bridgehead atoms. The van der Waals surface area contributed by atoms with Gasteiger partial charge in [-0.3, -0.25) is 0 Å². The molecule has 4 atom stereocenters. The Morgan fingerprint density at radius 2 is 1.41 bits per heavy atom. The monoisotopic (exact) mass is 470 g/mol. The fourth-order valence-electron chi connectivity index (χ4n) is 6.16. The van der Waals surface area contributed by atoms with Crippen LogP contribution in [0.4, 0.5) is 17.6 Å². The van der Waals surface area contributed by atoms with Crippen LogP contribution in [0.3, 0.4) is 0 Å². The average Bonchev–Trinajstić information content (AvgIpc) is 2.80. The molecule has 0 nitrogen and oxygen atoms in total. The zero-order valence-electron chi connectivity index (χ0n) is 20.1. The molecule has 0 saturated heterocycles. The van der Waals surface area contributed by atoms with Crippen molar-refractivity contribution in [3.05, 3.63) is 83.0 Å². The maximum Gasteiger partial charge on any atom is 0.134 e. The second-order valence-corrected chi connectivity index (χ2v) is 10.0. The van der Waals surface area contributed by atoms with Crippen molar-refractivity contribution >= 4 is 0 Å². The summed E-state index contributed by atoms with van der Waals surface area (Å²) >= 11 is 0. The van der Waals surface area contributed by atoms with Crippen LogP contribution in [0.2, 0.25) is 0 Å². The van der Waals surface area contributed by atoms with Crippen LogP contribution in [0, 0.1) is 41.0 Å². The molecule has 2 saturated carbocycles. The second kappa shape index (κ2) is 10.9. The first kappa shape index (κ1) is 24.8. The van der Waals surface area contributed by atoms with Gasteiger partial charge in [0, 0.05) is 5.56 Å². The summed E-state index contributed by atoms with van der Waals surface area (Å²) in [5.41, 5.74) is 0.149. The van der Waals surface area contributed by atoms with Gasteiger partial charge in [0.05, 0.1) is 5.56 Å². The highest BCUT2D eigenvalue weighted by atomic mass is 19.1. The van der Waals surface area contributed by atoms with E-state index in [2.05, 4.69) is 19.1 Å². The van der Waals surface area contributed by atoms with E-state index in [4.69, 9.17) is 0 Å². The molecule has 182 valence electrons. The maximum absolute atomic E-state index is 15.1. The summed E-state index contributed by atoms with van der Waals surface area (Å²) in [6, 6.07) is 4.85. The van der Waals surface area contributed by atoms with Gasteiger partial charge in [0.1, 0.15) is 23.3 Å². The van der Waals surface area contributed by atoms with Crippen molar-refractivity contribution in [2.24, 2.45) is 17.8 Å². The topological polar surface area (TPSA) is 0 Å². The van der Waals surface area contributed by atoms with Crippen molar-refractivity contribution in [2.45, 2.75) is 71.1 Å². The normalized spacial score (nSPS) is 25.2. The van der Waals surface area contributed by atoms with E-state index >= 15 is 8.78 Å². The van der Waals surface area contributed by atoms with E-state index in [1.165, 1.54) is 25.0 Å². The van der Waals surface area contributed by atoms with Gasteiger partial charge in [-0.15, -0.1) is 0 Å². The summed E-state index contributed by atoms with van der Waals surface area (Å²) in [5.74, 6) is -0.971. The van der Waals surface area contributed by atoms with E-state index in [1.54, 1.807) is 0 Å². The first-order chi connectivity index (χ1) is 16.4. The van der Waals surface area contributed by atoms with E-state index in [-0.39, 0.29) is 29.0 Å². The SMILES string of the molecule is C/C=C/CCc1c(F)cc(-c2c(F)cc(C3CCC4CC(/C=C/C)CCC4C3)cc2F)cc1F. The highest BCUT2D eigenvalue weighted by Crippen LogP contribution is 2.48. The van der Waals surface area contributed by atoms with Gasteiger partial charge in [0.15, 0.2) is 0 Å². The molecule has 2 aromatic carbocycles. The van der Waals surface area contributed by atoms with Gasteiger partial charge in [-0.25, -0.2) is 17.6 Å². The summed E-state index contributed by atoms with van der Waals surface area (Å²) in [4.78, 5) is 0. The van der Waals surface area contributed by atoms with Crippen LogP contribution in [0.5, 0.6) is 0 Å². The molecule has 0 aromatic heterocycles. The molecule has 0 N–H and O–H groups in total. The van der Waals surface area contributed by atoms with E-state index in [9.17, 15) is 8.78 Å². The first-order valence-corrected chi connectivity index (χ1v) is 12.6. The third-order valence-electron chi connectivity index (χ3n) is 7.88. The maximum atomic E-state index is 15.1.